The van der Waals surface area contributed by atoms with E-state index in [1.807, 2.05) is 60.7 Å². The summed E-state index contributed by atoms with van der Waals surface area (Å²) in [5, 5.41) is 10.1. The quantitative estimate of drug-likeness (QED) is 0.787. The predicted octanol–water partition coefficient (Wildman–Crippen LogP) is 2.89. The van der Waals surface area contributed by atoms with Gasteiger partial charge in [0.05, 0.1) is 12.7 Å². The number of aliphatic hydroxyl groups is 1. The summed E-state index contributed by atoms with van der Waals surface area (Å²) < 4.78 is 5.54. The maximum Gasteiger partial charge on any atom is 0.148 e. The van der Waals surface area contributed by atoms with Crippen molar-refractivity contribution in [2.75, 3.05) is 0 Å². The molecule has 2 rings (SSSR count). The monoisotopic (exact) mass is 270 g/mol. The number of ether oxygens (including phenoxy) is 1. The predicted molar refractivity (Wildman–Crippen MR) is 77.1 cm³/mol. The van der Waals surface area contributed by atoms with Crippen LogP contribution in [0.4, 0.5) is 0 Å². The van der Waals surface area contributed by atoms with Gasteiger partial charge in [-0.3, -0.25) is 0 Å². The molecule has 0 bridgehead atoms. The van der Waals surface area contributed by atoms with E-state index in [2.05, 4.69) is 0 Å². The van der Waals surface area contributed by atoms with Crippen molar-refractivity contribution in [2.45, 2.75) is 25.2 Å². The van der Waals surface area contributed by atoms with Crippen LogP contribution in [0, 0.1) is 0 Å². The molecule has 0 amide bonds. The maximum absolute atomic E-state index is 11.1. The summed E-state index contributed by atoms with van der Waals surface area (Å²) in [5.74, 6) is 0. The van der Waals surface area contributed by atoms with Crippen molar-refractivity contribution < 1.29 is 14.6 Å². The van der Waals surface area contributed by atoms with Gasteiger partial charge in [-0.05, 0) is 11.1 Å². The van der Waals surface area contributed by atoms with Crippen molar-refractivity contribution in [3.8, 4) is 0 Å². The van der Waals surface area contributed by atoms with E-state index in [0.717, 1.165) is 17.4 Å². The number of carbonyl (C=O) groups excluding carboxylic acids is 1. The Morgan fingerprint density at radius 3 is 2.20 bits per heavy atom. The first-order chi connectivity index (χ1) is 9.79. The van der Waals surface area contributed by atoms with E-state index in [0.29, 0.717) is 6.61 Å². The minimum absolute atomic E-state index is 0.264. The normalized spacial score (nSPS) is 13.7. The van der Waals surface area contributed by atoms with Crippen molar-refractivity contribution in [1.29, 1.82) is 0 Å². The molecule has 20 heavy (non-hydrogen) atoms. The van der Waals surface area contributed by atoms with Gasteiger partial charge >= 0.3 is 0 Å². The number of hydrogen-bond donors (Lipinski definition) is 1. The summed E-state index contributed by atoms with van der Waals surface area (Å²) in [7, 11) is 0. The van der Waals surface area contributed by atoms with Crippen LogP contribution >= 0.6 is 0 Å². The minimum atomic E-state index is -0.692. The second-order valence-corrected chi connectivity index (χ2v) is 4.63. The Hall–Kier alpha value is -1.97. The fourth-order valence-electron chi connectivity index (χ4n) is 1.97. The fourth-order valence-corrected chi connectivity index (χ4v) is 1.97. The van der Waals surface area contributed by atoms with Crippen molar-refractivity contribution >= 4 is 6.29 Å². The van der Waals surface area contributed by atoms with E-state index in [-0.39, 0.29) is 6.42 Å². The molecule has 0 aromatic heterocycles. The zero-order valence-electron chi connectivity index (χ0n) is 11.2. The van der Waals surface area contributed by atoms with E-state index in [1.54, 1.807) is 0 Å². The Balaban J connectivity index is 1.88. The smallest absolute Gasteiger partial charge is 0.148 e. The molecule has 1 N–H and O–H groups in total. The topological polar surface area (TPSA) is 46.5 Å². The van der Waals surface area contributed by atoms with Crippen LogP contribution in [-0.2, 0) is 16.1 Å². The molecule has 0 aliphatic heterocycles. The summed E-state index contributed by atoms with van der Waals surface area (Å²) >= 11 is 0. The Labute approximate surface area is 118 Å². The van der Waals surface area contributed by atoms with E-state index in [1.165, 1.54) is 0 Å². The second-order valence-electron chi connectivity index (χ2n) is 4.63. The van der Waals surface area contributed by atoms with Crippen molar-refractivity contribution in [3.05, 3.63) is 71.8 Å². The number of benzene rings is 2. The lowest BCUT2D eigenvalue weighted by molar-refractivity contribution is -0.121. The zero-order chi connectivity index (χ0) is 14.2. The molecule has 2 aromatic rings. The van der Waals surface area contributed by atoms with E-state index in [9.17, 15) is 9.90 Å². The van der Waals surface area contributed by atoms with Gasteiger partial charge < -0.3 is 14.6 Å². The van der Waals surface area contributed by atoms with E-state index < -0.39 is 12.2 Å². The van der Waals surface area contributed by atoms with Gasteiger partial charge in [-0.1, -0.05) is 60.7 Å². The van der Waals surface area contributed by atoms with Crippen LogP contribution in [-0.4, -0.2) is 17.5 Å². The standard InChI is InChI=1S/C17H18O3/c18-12-16(20-13-14-7-3-1-4-8-14)11-17(19)15-9-5-2-6-10-15/h1-10,12,16-17,19H,11,13H2. The minimum Gasteiger partial charge on any atom is -0.388 e. The third-order valence-corrected chi connectivity index (χ3v) is 3.10. The summed E-state index contributed by atoms with van der Waals surface area (Å²) in [5.41, 5.74) is 1.80. The molecule has 2 unspecified atom stereocenters. The summed E-state index contributed by atoms with van der Waals surface area (Å²) in [4.78, 5) is 11.1. The number of aliphatic hydroxyl groups excluding tert-OH is 1. The average molecular weight is 270 g/mol. The molecular formula is C17H18O3. The van der Waals surface area contributed by atoms with Gasteiger partial charge in [0.25, 0.3) is 0 Å². The zero-order valence-corrected chi connectivity index (χ0v) is 11.2. The Morgan fingerprint density at radius 1 is 1.00 bits per heavy atom. The first-order valence-corrected chi connectivity index (χ1v) is 6.63. The van der Waals surface area contributed by atoms with Gasteiger partial charge in [0.2, 0.25) is 0 Å². The van der Waals surface area contributed by atoms with E-state index >= 15 is 0 Å². The number of aldehydes is 1. The van der Waals surface area contributed by atoms with Gasteiger partial charge in [0.1, 0.15) is 12.4 Å². The van der Waals surface area contributed by atoms with Gasteiger partial charge in [0, 0.05) is 6.42 Å². The molecule has 0 fully saturated rings. The largest absolute Gasteiger partial charge is 0.388 e. The fraction of sp³-hybridized carbons (Fsp3) is 0.235. The Bertz CT molecular complexity index is 510. The summed E-state index contributed by atoms with van der Waals surface area (Å²) in [6.07, 6.45) is -0.289. The molecule has 3 nitrogen and oxygen atoms in total. The lowest BCUT2D eigenvalue weighted by Crippen LogP contribution is -2.18. The lowest BCUT2D eigenvalue weighted by atomic mass is 10.0. The van der Waals surface area contributed by atoms with Crippen LogP contribution in [0.2, 0.25) is 0 Å². The summed E-state index contributed by atoms with van der Waals surface area (Å²) in [6.45, 7) is 0.367. The first-order valence-electron chi connectivity index (χ1n) is 6.63. The van der Waals surface area contributed by atoms with E-state index in [4.69, 9.17) is 4.74 Å². The third-order valence-electron chi connectivity index (χ3n) is 3.10. The number of rotatable bonds is 7. The van der Waals surface area contributed by atoms with Crippen LogP contribution in [0.3, 0.4) is 0 Å². The van der Waals surface area contributed by atoms with Crippen molar-refractivity contribution in [2.24, 2.45) is 0 Å². The average Bonchev–Trinajstić information content (AvgIpc) is 2.53. The SMILES string of the molecule is O=CC(CC(O)c1ccccc1)OCc1ccccc1. The summed E-state index contributed by atoms with van der Waals surface area (Å²) in [6, 6.07) is 18.9. The van der Waals surface area contributed by atoms with Gasteiger partial charge in [-0.25, -0.2) is 0 Å². The molecule has 0 heterocycles. The number of carbonyl (C=O) groups is 1. The first kappa shape index (κ1) is 14.4. The van der Waals surface area contributed by atoms with Crippen LogP contribution in [0.1, 0.15) is 23.7 Å². The van der Waals surface area contributed by atoms with Crippen LogP contribution < -0.4 is 0 Å². The lowest BCUT2D eigenvalue weighted by Gasteiger charge is -2.16. The highest BCUT2D eigenvalue weighted by Gasteiger charge is 2.15. The Morgan fingerprint density at radius 2 is 1.60 bits per heavy atom. The molecule has 0 aliphatic carbocycles. The van der Waals surface area contributed by atoms with Gasteiger partial charge in [0.15, 0.2) is 0 Å². The van der Waals surface area contributed by atoms with Crippen LogP contribution in [0.5, 0.6) is 0 Å². The van der Waals surface area contributed by atoms with Crippen LogP contribution in [0.15, 0.2) is 60.7 Å². The van der Waals surface area contributed by atoms with Gasteiger partial charge in [-0.2, -0.15) is 0 Å². The Kier molecular flexibility index (Phi) is 5.47. The van der Waals surface area contributed by atoms with Crippen LogP contribution in [0.25, 0.3) is 0 Å². The maximum atomic E-state index is 11.1. The highest BCUT2D eigenvalue weighted by Crippen LogP contribution is 2.19. The molecule has 0 saturated carbocycles. The third kappa shape index (κ3) is 4.30. The molecular weight excluding hydrogens is 252 g/mol. The van der Waals surface area contributed by atoms with Crippen molar-refractivity contribution in [1.82, 2.24) is 0 Å². The van der Waals surface area contributed by atoms with Gasteiger partial charge in [-0.15, -0.1) is 0 Å². The second kappa shape index (κ2) is 7.58. The molecule has 0 spiro atoms. The molecule has 0 saturated heterocycles. The molecule has 0 aliphatic rings. The highest BCUT2D eigenvalue weighted by molar-refractivity contribution is 5.56. The molecule has 0 radical (unpaired) electrons. The molecule has 2 atom stereocenters. The molecule has 3 heteroatoms. The molecule has 104 valence electrons. The van der Waals surface area contributed by atoms with Crippen molar-refractivity contribution in [3.63, 3.8) is 0 Å². The highest BCUT2D eigenvalue weighted by atomic mass is 16.5. The molecule has 2 aromatic carbocycles. The number of hydrogen-bond acceptors (Lipinski definition) is 3.